The third kappa shape index (κ3) is 2.98. The Kier molecular flexibility index (Phi) is 3.44. The number of aryl methyl sites for hydroxylation is 1. The average molecular weight is 221 g/mol. The van der Waals surface area contributed by atoms with E-state index in [0.717, 1.165) is 18.7 Å². The van der Waals surface area contributed by atoms with Gasteiger partial charge in [0.25, 0.3) is 0 Å². The molecule has 0 bridgehead atoms. The molecule has 1 aliphatic carbocycles. The van der Waals surface area contributed by atoms with Crippen molar-refractivity contribution in [2.45, 2.75) is 38.1 Å². The third-order valence-corrected chi connectivity index (χ3v) is 2.87. The number of hydrogen-bond acceptors (Lipinski definition) is 2. The standard InChI is InChI=1S/C11H19N5/c1-16-8-7-10(15-16)14-11(12)13-9-5-3-2-4-6-9/h7-9H,2-6H2,1H3,(H3,12,13,14,15). The van der Waals surface area contributed by atoms with Crippen LogP contribution < -0.4 is 11.1 Å². The molecule has 1 aliphatic rings. The summed E-state index contributed by atoms with van der Waals surface area (Å²) in [6.07, 6.45) is 8.06. The lowest BCUT2D eigenvalue weighted by atomic mass is 9.96. The summed E-state index contributed by atoms with van der Waals surface area (Å²) in [6.45, 7) is 0. The number of guanidine groups is 1. The molecule has 5 heteroatoms. The van der Waals surface area contributed by atoms with Crippen molar-refractivity contribution in [2.24, 2.45) is 17.8 Å². The van der Waals surface area contributed by atoms with Gasteiger partial charge < -0.3 is 11.1 Å². The fourth-order valence-electron chi connectivity index (χ4n) is 2.05. The Bertz CT molecular complexity index is 362. The highest BCUT2D eigenvalue weighted by molar-refractivity contribution is 5.91. The first kappa shape index (κ1) is 11.0. The minimum absolute atomic E-state index is 0.393. The van der Waals surface area contributed by atoms with Crippen molar-refractivity contribution in [1.29, 1.82) is 0 Å². The Morgan fingerprint density at radius 1 is 1.50 bits per heavy atom. The van der Waals surface area contributed by atoms with Gasteiger partial charge in [0, 0.05) is 19.3 Å². The van der Waals surface area contributed by atoms with Gasteiger partial charge in [0.15, 0.2) is 11.8 Å². The van der Waals surface area contributed by atoms with Crippen molar-refractivity contribution in [2.75, 3.05) is 5.32 Å². The van der Waals surface area contributed by atoms with E-state index in [0.29, 0.717) is 12.0 Å². The molecule has 0 unspecified atom stereocenters. The molecule has 0 amide bonds. The number of aromatic nitrogens is 2. The summed E-state index contributed by atoms with van der Waals surface area (Å²) >= 11 is 0. The number of anilines is 1. The van der Waals surface area contributed by atoms with E-state index in [1.165, 1.54) is 19.3 Å². The van der Waals surface area contributed by atoms with Gasteiger partial charge in [-0.25, -0.2) is 4.99 Å². The normalized spacial score (nSPS) is 18.7. The molecule has 0 saturated heterocycles. The Morgan fingerprint density at radius 3 is 2.88 bits per heavy atom. The van der Waals surface area contributed by atoms with Crippen LogP contribution in [-0.4, -0.2) is 21.8 Å². The molecule has 0 aliphatic heterocycles. The maximum absolute atomic E-state index is 5.84. The molecule has 5 nitrogen and oxygen atoms in total. The number of nitrogens with one attached hydrogen (secondary N) is 1. The molecule has 88 valence electrons. The first-order valence-corrected chi connectivity index (χ1v) is 5.84. The summed E-state index contributed by atoms with van der Waals surface area (Å²) in [5.41, 5.74) is 5.84. The molecule has 1 heterocycles. The largest absolute Gasteiger partial charge is 0.370 e. The quantitative estimate of drug-likeness (QED) is 0.587. The SMILES string of the molecule is Cn1ccc(NC(N)=NC2CCCCC2)n1. The Hall–Kier alpha value is -1.52. The fourth-order valence-corrected chi connectivity index (χ4v) is 2.05. The Balaban J connectivity index is 1.91. The summed E-state index contributed by atoms with van der Waals surface area (Å²) in [6, 6.07) is 2.27. The lowest BCUT2D eigenvalue weighted by Crippen LogP contribution is -2.26. The predicted octanol–water partition coefficient (Wildman–Crippen LogP) is 1.48. The second-order valence-electron chi connectivity index (χ2n) is 4.31. The molecular formula is C11H19N5. The van der Waals surface area contributed by atoms with Crippen LogP contribution in [0.3, 0.4) is 0 Å². The van der Waals surface area contributed by atoms with Crippen molar-refractivity contribution in [3.05, 3.63) is 12.3 Å². The van der Waals surface area contributed by atoms with Gasteiger partial charge in [0.05, 0.1) is 6.04 Å². The lowest BCUT2D eigenvalue weighted by Gasteiger charge is -2.18. The summed E-state index contributed by atoms with van der Waals surface area (Å²) in [4.78, 5) is 4.47. The van der Waals surface area contributed by atoms with Gasteiger partial charge in [-0.05, 0) is 12.8 Å². The van der Waals surface area contributed by atoms with Gasteiger partial charge in [0.2, 0.25) is 0 Å². The minimum atomic E-state index is 0.393. The first-order chi connectivity index (χ1) is 7.74. The maximum atomic E-state index is 5.84. The van der Waals surface area contributed by atoms with E-state index >= 15 is 0 Å². The molecule has 16 heavy (non-hydrogen) atoms. The van der Waals surface area contributed by atoms with Gasteiger partial charge in [-0.3, -0.25) is 4.68 Å². The smallest absolute Gasteiger partial charge is 0.194 e. The molecule has 1 aromatic heterocycles. The van der Waals surface area contributed by atoms with Crippen LogP contribution in [0.5, 0.6) is 0 Å². The Labute approximate surface area is 95.7 Å². The third-order valence-electron chi connectivity index (χ3n) is 2.87. The second kappa shape index (κ2) is 5.01. The highest BCUT2D eigenvalue weighted by Gasteiger charge is 2.12. The van der Waals surface area contributed by atoms with Gasteiger partial charge in [-0.2, -0.15) is 5.10 Å². The van der Waals surface area contributed by atoms with E-state index < -0.39 is 0 Å². The van der Waals surface area contributed by atoms with E-state index in [9.17, 15) is 0 Å². The van der Waals surface area contributed by atoms with E-state index in [1.807, 2.05) is 19.3 Å². The molecule has 0 aromatic carbocycles. The van der Waals surface area contributed by atoms with E-state index in [4.69, 9.17) is 5.73 Å². The lowest BCUT2D eigenvalue weighted by molar-refractivity contribution is 0.443. The van der Waals surface area contributed by atoms with Crippen LogP contribution in [0.25, 0.3) is 0 Å². The zero-order valence-corrected chi connectivity index (χ0v) is 9.69. The number of rotatable bonds is 2. The molecular weight excluding hydrogens is 202 g/mol. The first-order valence-electron chi connectivity index (χ1n) is 5.84. The number of nitrogens with two attached hydrogens (primary N) is 1. The summed E-state index contributed by atoms with van der Waals surface area (Å²) in [5, 5.41) is 7.19. The van der Waals surface area contributed by atoms with Crippen LogP contribution in [-0.2, 0) is 7.05 Å². The van der Waals surface area contributed by atoms with E-state index in [2.05, 4.69) is 15.4 Å². The average Bonchev–Trinajstić information content (AvgIpc) is 2.65. The number of nitrogens with zero attached hydrogens (tertiary/aromatic N) is 3. The van der Waals surface area contributed by atoms with Crippen LogP contribution in [0, 0.1) is 0 Å². The molecule has 1 fully saturated rings. The van der Waals surface area contributed by atoms with Crippen LogP contribution in [0.2, 0.25) is 0 Å². The van der Waals surface area contributed by atoms with Gasteiger partial charge in [-0.1, -0.05) is 19.3 Å². The minimum Gasteiger partial charge on any atom is -0.370 e. The van der Waals surface area contributed by atoms with Crippen LogP contribution >= 0.6 is 0 Å². The maximum Gasteiger partial charge on any atom is 0.194 e. The highest BCUT2D eigenvalue weighted by Crippen LogP contribution is 2.20. The summed E-state index contributed by atoms with van der Waals surface area (Å²) < 4.78 is 1.73. The molecule has 1 saturated carbocycles. The van der Waals surface area contributed by atoms with Gasteiger partial charge in [0.1, 0.15) is 0 Å². The van der Waals surface area contributed by atoms with Crippen molar-refractivity contribution in [1.82, 2.24) is 9.78 Å². The topological polar surface area (TPSA) is 68.2 Å². The molecule has 2 rings (SSSR count). The van der Waals surface area contributed by atoms with Crippen LogP contribution in [0.4, 0.5) is 5.82 Å². The van der Waals surface area contributed by atoms with Gasteiger partial charge in [-0.15, -0.1) is 0 Å². The molecule has 0 radical (unpaired) electrons. The number of aliphatic imine (C=N–C) groups is 1. The van der Waals surface area contributed by atoms with Crippen LogP contribution in [0.15, 0.2) is 17.3 Å². The van der Waals surface area contributed by atoms with Crippen molar-refractivity contribution >= 4 is 11.8 Å². The zero-order chi connectivity index (χ0) is 11.4. The summed E-state index contributed by atoms with van der Waals surface area (Å²) in [5.74, 6) is 1.23. The van der Waals surface area contributed by atoms with E-state index in [1.54, 1.807) is 4.68 Å². The zero-order valence-electron chi connectivity index (χ0n) is 9.69. The monoisotopic (exact) mass is 221 g/mol. The van der Waals surface area contributed by atoms with E-state index in [-0.39, 0.29) is 0 Å². The summed E-state index contributed by atoms with van der Waals surface area (Å²) in [7, 11) is 1.87. The van der Waals surface area contributed by atoms with Crippen molar-refractivity contribution < 1.29 is 0 Å². The van der Waals surface area contributed by atoms with Crippen molar-refractivity contribution in [3.63, 3.8) is 0 Å². The molecule has 1 aromatic rings. The Morgan fingerprint density at radius 2 is 2.25 bits per heavy atom. The van der Waals surface area contributed by atoms with Crippen molar-refractivity contribution in [3.8, 4) is 0 Å². The predicted molar refractivity (Wildman–Crippen MR) is 65.3 cm³/mol. The molecule has 0 atom stereocenters. The second-order valence-corrected chi connectivity index (χ2v) is 4.31. The molecule has 0 spiro atoms. The van der Waals surface area contributed by atoms with Crippen LogP contribution in [0.1, 0.15) is 32.1 Å². The fraction of sp³-hybridized carbons (Fsp3) is 0.636. The number of hydrogen-bond donors (Lipinski definition) is 2. The molecule has 3 N–H and O–H groups in total. The van der Waals surface area contributed by atoms with Gasteiger partial charge >= 0.3 is 0 Å². The highest BCUT2D eigenvalue weighted by atomic mass is 15.3.